The first kappa shape index (κ1) is 26.3. The molecule has 0 spiro atoms. The Kier molecular flexibility index (Phi) is 9.26. The second-order valence-electron chi connectivity index (χ2n) is 8.58. The molecule has 0 aliphatic heterocycles. The van der Waals surface area contributed by atoms with Gasteiger partial charge >= 0.3 is 0 Å². The Morgan fingerprint density at radius 3 is 2.22 bits per heavy atom. The number of nitrogens with one attached hydrogen (secondary N) is 1. The van der Waals surface area contributed by atoms with Gasteiger partial charge in [0.2, 0.25) is 5.91 Å². The van der Waals surface area contributed by atoms with E-state index in [0.717, 1.165) is 5.56 Å². The maximum atomic E-state index is 13.3. The van der Waals surface area contributed by atoms with Crippen molar-refractivity contribution >= 4 is 46.6 Å². The van der Waals surface area contributed by atoms with E-state index < -0.39 is 11.6 Å². The van der Waals surface area contributed by atoms with E-state index in [1.807, 2.05) is 34.6 Å². The fourth-order valence-corrected chi connectivity index (χ4v) is 3.80. The van der Waals surface area contributed by atoms with E-state index in [1.165, 1.54) is 4.90 Å². The molecule has 32 heavy (non-hydrogen) atoms. The van der Waals surface area contributed by atoms with Crippen LogP contribution < -0.4 is 10.1 Å². The number of hydrogen-bond acceptors (Lipinski definition) is 3. The van der Waals surface area contributed by atoms with Crippen LogP contribution in [0.4, 0.5) is 0 Å². The van der Waals surface area contributed by atoms with Crippen molar-refractivity contribution < 1.29 is 14.3 Å². The van der Waals surface area contributed by atoms with E-state index in [-0.39, 0.29) is 25.0 Å². The Hall–Kier alpha value is -1.95. The number of carbonyl (C=O) groups is 2. The predicted octanol–water partition coefficient (Wildman–Crippen LogP) is 6.06. The van der Waals surface area contributed by atoms with Crippen molar-refractivity contribution in [3.8, 4) is 5.75 Å². The van der Waals surface area contributed by atoms with Crippen LogP contribution in [-0.4, -0.2) is 34.9 Å². The Labute approximate surface area is 205 Å². The van der Waals surface area contributed by atoms with Gasteiger partial charge < -0.3 is 15.0 Å². The zero-order valence-electron chi connectivity index (χ0n) is 19.0. The van der Waals surface area contributed by atoms with Crippen molar-refractivity contribution in [1.82, 2.24) is 10.2 Å². The molecule has 0 radical (unpaired) electrons. The van der Waals surface area contributed by atoms with Gasteiger partial charge in [0.1, 0.15) is 11.8 Å². The topological polar surface area (TPSA) is 58.6 Å². The molecule has 0 aliphatic rings. The molecule has 0 aromatic heterocycles. The van der Waals surface area contributed by atoms with Gasteiger partial charge in [-0.1, -0.05) is 47.8 Å². The Morgan fingerprint density at radius 2 is 1.69 bits per heavy atom. The lowest BCUT2D eigenvalue weighted by molar-refractivity contribution is -0.143. The first-order valence-corrected chi connectivity index (χ1v) is 11.5. The molecule has 8 heteroatoms. The van der Waals surface area contributed by atoms with Crippen LogP contribution in [0, 0.1) is 6.92 Å². The van der Waals surface area contributed by atoms with Crippen LogP contribution in [0.3, 0.4) is 0 Å². The molecular formula is C24H29Cl3N2O3. The van der Waals surface area contributed by atoms with Crippen LogP contribution in [0.5, 0.6) is 5.75 Å². The number of hydrogen-bond donors (Lipinski definition) is 1. The standard InChI is InChI=1S/C24H29Cl3N2O3/c1-6-21(23(31)28-24(3,4)5)29(13-17-19(26)8-7-9-20(17)27)22(30)14-32-16-10-11-18(25)15(2)12-16/h7-12,21H,6,13-14H2,1-5H3,(H,28,31). The fraction of sp³-hybridized carbons (Fsp3) is 0.417. The summed E-state index contributed by atoms with van der Waals surface area (Å²) in [5.74, 6) is -0.0912. The highest BCUT2D eigenvalue weighted by atomic mass is 35.5. The highest BCUT2D eigenvalue weighted by Gasteiger charge is 2.31. The third-order valence-electron chi connectivity index (χ3n) is 4.77. The first-order chi connectivity index (χ1) is 14.9. The number of amides is 2. The van der Waals surface area contributed by atoms with Crippen LogP contribution >= 0.6 is 34.8 Å². The predicted molar refractivity (Wildman–Crippen MR) is 131 cm³/mol. The molecular weight excluding hydrogens is 471 g/mol. The number of aryl methyl sites for hydroxylation is 1. The molecule has 2 rings (SSSR count). The third-order valence-corrected chi connectivity index (χ3v) is 5.90. The molecule has 0 saturated heterocycles. The largest absolute Gasteiger partial charge is 0.484 e. The van der Waals surface area contributed by atoms with E-state index in [2.05, 4.69) is 5.32 Å². The van der Waals surface area contributed by atoms with Crippen molar-refractivity contribution in [3.63, 3.8) is 0 Å². The average molecular weight is 500 g/mol. The van der Waals surface area contributed by atoms with Gasteiger partial charge in [0.05, 0.1) is 0 Å². The summed E-state index contributed by atoms with van der Waals surface area (Å²) in [6.07, 6.45) is 0.412. The van der Waals surface area contributed by atoms with Gasteiger partial charge in [0, 0.05) is 32.7 Å². The number of halogens is 3. The molecule has 0 bridgehead atoms. The lowest BCUT2D eigenvalue weighted by Crippen LogP contribution is -2.54. The van der Waals surface area contributed by atoms with Crippen molar-refractivity contribution in [1.29, 1.82) is 0 Å². The Bertz CT molecular complexity index is 953. The summed E-state index contributed by atoms with van der Waals surface area (Å²) < 4.78 is 5.71. The normalized spacial score (nSPS) is 12.2. The van der Waals surface area contributed by atoms with Crippen LogP contribution in [-0.2, 0) is 16.1 Å². The van der Waals surface area contributed by atoms with Crippen molar-refractivity contribution in [2.24, 2.45) is 0 Å². The van der Waals surface area contributed by atoms with Crippen molar-refractivity contribution in [2.75, 3.05) is 6.61 Å². The molecule has 0 aliphatic carbocycles. The number of nitrogens with zero attached hydrogens (tertiary/aromatic N) is 1. The second-order valence-corrected chi connectivity index (χ2v) is 9.81. The van der Waals surface area contributed by atoms with Crippen LogP contribution in [0.15, 0.2) is 36.4 Å². The Balaban J connectivity index is 2.31. The molecule has 0 saturated carbocycles. The molecule has 2 aromatic rings. The minimum absolute atomic E-state index is 0.0798. The first-order valence-electron chi connectivity index (χ1n) is 10.4. The molecule has 2 amide bonds. The summed E-state index contributed by atoms with van der Waals surface area (Å²) in [7, 11) is 0. The maximum absolute atomic E-state index is 13.3. The average Bonchev–Trinajstić information content (AvgIpc) is 2.69. The van der Waals surface area contributed by atoms with Gasteiger partial charge in [-0.2, -0.15) is 0 Å². The van der Waals surface area contributed by atoms with Gasteiger partial charge in [-0.25, -0.2) is 0 Å². The van der Waals surface area contributed by atoms with Crippen LogP contribution in [0.2, 0.25) is 15.1 Å². The summed E-state index contributed by atoms with van der Waals surface area (Å²) in [6.45, 7) is 9.21. The highest BCUT2D eigenvalue weighted by Crippen LogP contribution is 2.27. The molecule has 1 atom stereocenters. The highest BCUT2D eigenvalue weighted by molar-refractivity contribution is 6.36. The van der Waals surface area contributed by atoms with E-state index >= 15 is 0 Å². The second kappa shape index (κ2) is 11.3. The summed E-state index contributed by atoms with van der Waals surface area (Å²) in [5, 5.41) is 4.42. The van der Waals surface area contributed by atoms with E-state index in [1.54, 1.807) is 36.4 Å². The summed E-state index contributed by atoms with van der Waals surface area (Å²) >= 11 is 18.8. The molecule has 2 aromatic carbocycles. The van der Waals surface area contributed by atoms with Gasteiger partial charge in [0.25, 0.3) is 5.91 Å². The molecule has 5 nitrogen and oxygen atoms in total. The minimum Gasteiger partial charge on any atom is -0.484 e. The van der Waals surface area contributed by atoms with Crippen LogP contribution in [0.1, 0.15) is 45.2 Å². The quantitative estimate of drug-likeness (QED) is 0.480. The van der Waals surface area contributed by atoms with E-state index in [9.17, 15) is 9.59 Å². The molecule has 174 valence electrons. The number of carbonyl (C=O) groups excluding carboxylic acids is 2. The van der Waals surface area contributed by atoms with Crippen molar-refractivity contribution in [3.05, 3.63) is 62.6 Å². The molecule has 0 fully saturated rings. The van der Waals surface area contributed by atoms with Crippen molar-refractivity contribution in [2.45, 2.75) is 59.2 Å². The number of rotatable bonds is 8. The Morgan fingerprint density at radius 1 is 1.06 bits per heavy atom. The fourth-order valence-electron chi connectivity index (χ4n) is 3.16. The lowest BCUT2D eigenvalue weighted by Gasteiger charge is -2.33. The summed E-state index contributed by atoms with van der Waals surface area (Å²) in [6, 6.07) is 9.59. The van der Waals surface area contributed by atoms with Gasteiger partial charge in [0.15, 0.2) is 6.61 Å². The zero-order chi connectivity index (χ0) is 24.1. The molecule has 0 heterocycles. The maximum Gasteiger partial charge on any atom is 0.261 e. The smallest absolute Gasteiger partial charge is 0.261 e. The molecule has 1 N–H and O–H groups in total. The molecule has 1 unspecified atom stereocenters. The van der Waals surface area contributed by atoms with Gasteiger partial charge in [-0.15, -0.1) is 0 Å². The zero-order valence-corrected chi connectivity index (χ0v) is 21.2. The summed E-state index contributed by atoms with van der Waals surface area (Å²) in [5.41, 5.74) is 0.972. The van der Waals surface area contributed by atoms with E-state index in [4.69, 9.17) is 39.5 Å². The van der Waals surface area contributed by atoms with Gasteiger partial charge in [-0.05, 0) is 70.0 Å². The third kappa shape index (κ3) is 7.29. The number of ether oxygens (including phenoxy) is 1. The lowest BCUT2D eigenvalue weighted by atomic mass is 10.1. The van der Waals surface area contributed by atoms with Gasteiger partial charge in [-0.3, -0.25) is 9.59 Å². The minimum atomic E-state index is -0.718. The number of benzene rings is 2. The monoisotopic (exact) mass is 498 g/mol. The van der Waals surface area contributed by atoms with Crippen LogP contribution in [0.25, 0.3) is 0 Å². The summed E-state index contributed by atoms with van der Waals surface area (Å²) in [4.78, 5) is 27.8. The van der Waals surface area contributed by atoms with E-state index in [0.29, 0.717) is 32.8 Å². The SMILES string of the molecule is CCC(C(=O)NC(C)(C)C)N(Cc1c(Cl)cccc1Cl)C(=O)COc1ccc(Cl)c(C)c1.